The summed E-state index contributed by atoms with van der Waals surface area (Å²) < 4.78 is 10.6. The molecule has 144 valence electrons. The maximum atomic E-state index is 12.3. The van der Waals surface area contributed by atoms with Crippen LogP contribution in [0.4, 0.5) is 0 Å². The molecule has 1 amide bonds. The molecule has 0 radical (unpaired) electrons. The number of hydrogen-bond acceptors (Lipinski definition) is 6. The predicted octanol–water partition coefficient (Wildman–Crippen LogP) is 2.89. The van der Waals surface area contributed by atoms with Crippen molar-refractivity contribution in [3.63, 3.8) is 0 Å². The summed E-state index contributed by atoms with van der Waals surface area (Å²) >= 11 is 1.34. The van der Waals surface area contributed by atoms with Crippen LogP contribution in [0.3, 0.4) is 0 Å². The van der Waals surface area contributed by atoms with Crippen LogP contribution in [0.15, 0.2) is 23.4 Å². The predicted molar refractivity (Wildman–Crippen MR) is 103 cm³/mol. The first-order chi connectivity index (χ1) is 13.1. The normalized spacial score (nSPS) is 23.4. The van der Waals surface area contributed by atoms with Gasteiger partial charge in [0.2, 0.25) is 11.1 Å². The Labute approximate surface area is 162 Å². The molecule has 3 atom stereocenters. The number of methoxy groups -OCH3 is 2. The number of hydrogen-bond donors (Lipinski definition) is 2. The number of nitrogens with zero attached hydrogens (tertiary/aromatic N) is 2. The number of H-pyrrole nitrogens is 1. The third-order valence-electron chi connectivity index (χ3n) is 5.51. The number of nitrogens with one attached hydrogen (secondary N) is 2. The lowest BCUT2D eigenvalue weighted by molar-refractivity contribution is -0.119. The summed E-state index contributed by atoms with van der Waals surface area (Å²) in [6.07, 6.45) is 5.02. The first kappa shape index (κ1) is 18.2. The first-order valence-electron chi connectivity index (χ1n) is 9.22. The van der Waals surface area contributed by atoms with Crippen LogP contribution in [0, 0.1) is 11.8 Å². The Hall–Kier alpha value is -2.22. The molecule has 0 aliphatic heterocycles. The van der Waals surface area contributed by atoms with Gasteiger partial charge in [-0.05, 0) is 43.2 Å². The molecule has 2 aliphatic carbocycles. The number of aromatic amines is 1. The zero-order valence-corrected chi connectivity index (χ0v) is 16.3. The minimum absolute atomic E-state index is 0.0620. The summed E-state index contributed by atoms with van der Waals surface area (Å²) in [5.41, 5.74) is 0.817. The van der Waals surface area contributed by atoms with E-state index < -0.39 is 0 Å². The lowest BCUT2D eigenvalue weighted by Crippen LogP contribution is -2.39. The van der Waals surface area contributed by atoms with Crippen LogP contribution >= 0.6 is 11.8 Å². The van der Waals surface area contributed by atoms with Crippen molar-refractivity contribution >= 4 is 17.7 Å². The molecule has 0 unspecified atom stereocenters. The van der Waals surface area contributed by atoms with Crippen molar-refractivity contribution in [2.75, 3.05) is 20.0 Å². The van der Waals surface area contributed by atoms with Crippen molar-refractivity contribution < 1.29 is 14.3 Å². The van der Waals surface area contributed by atoms with E-state index in [2.05, 4.69) is 20.5 Å². The average Bonchev–Trinajstić information content (AvgIpc) is 3.42. The summed E-state index contributed by atoms with van der Waals surface area (Å²) in [7, 11) is 3.21. The van der Waals surface area contributed by atoms with Crippen LogP contribution in [0.2, 0.25) is 0 Å². The van der Waals surface area contributed by atoms with E-state index in [0.717, 1.165) is 17.9 Å². The van der Waals surface area contributed by atoms with Crippen molar-refractivity contribution in [3.8, 4) is 22.9 Å². The summed E-state index contributed by atoms with van der Waals surface area (Å²) in [6.45, 7) is 0. The van der Waals surface area contributed by atoms with Crippen LogP contribution in [-0.4, -0.2) is 47.1 Å². The molecule has 1 aromatic heterocycles. The van der Waals surface area contributed by atoms with E-state index in [1.807, 2.05) is 12.1 Å². The number of aromatic nitrogens is 3. The quantitative estimate of drug-likeness (QED) is 0.709. The smallest absolute Gasteiger partial charge is 0.230 e. The number of rotatable bonds is 7. The molecular weight excluding hydrogens is 364 g/mol. The monoisotopic (exact) mass is 388 g/mol. The lowest BCUT2D eigenvalue weighted by atomic mass is 9.95. The Morgan fingerprint density at radius 1 is 1.22 bits per heavy atom. The van der Waals surface area contributed by atoms with E-state index in [1.165, 1.54) is 31.0 Å². The summed E-state index contributed by atoms with van der Waals surface area (Å²) in [6, 6.07) is 5.89. The molecule has 0 spiro atoms. The van der Waals surface area contributed by atoms with E-state index in [1.54, 1.807) is 20.3 Å². The van der Waals surface area contributed by atoms with E-state index in [0.29, 0.717) is 40.2 Å². The Morgan fingerprint density at radius 2 is 2.00 bits per heavy atom. The summed E-state index contributed by atoms with van der Waals surface area (Å²) in [4.78, 5) is 16.7. The molecule has 7 nitrogen and oxygen atoms in total. The fraction of sp³-hybridized carbons (Fsp3) is 0.526. The number of ether oxygens (including phenoxy) is 2. The number of benzene rings is 1. The minimum Gasteiger partial charge on any atom is -0.497 e. The van der Waals surface area contributed by atoms with Crippen molar-refractivity contribution in [1.29, 1.82) is 0 Å². The topological polar surface area (TPSA) is 89.1 Å². The van der Waals surface area contributed by atoms with Crippen molar-refractivity contribution in [2.24, 2.45) is 11.8 Å². The van der Waals surface area contributed by atoms with Gasteiger partial charge in [0, 0.05) is 17.7 Å². The van der Waals surface area contributed by atoms with Crippen LogP contribution in [-0.2, 0) is 4.79 Å². The molecule has 0 saturated heterocycles. The molecule has 4 rings (SSSR count). The van der Waals surface area contributed by atoms with Gasteiger partial charge in [-0.25, -0.2) is 4.98 Å². The fourth-order valence-corrected chi connectivity index (χ4v) is 4.79. The van der Waals surface area contributed by atoms with Crippen LogP contribution in [0.25, 0.3) is 11.4 Å². The maximum absolute atomic E-state index is 12.3. The number of carbonyl (C=O) groups is 1. The van der Waals surface area contributed by atoms with Crippen LogP contribution < -0.4 is 14.8 Å². The van der Waals surface area contributed by atoms with Gasteiger partial charge in [-0.15, -0.1) is 5.10 Å². The molecule has 2 aromatic rings. The van der Waals surface area contributed by atoms with E-state index in [4.69, 9.17) is 9.47 Å². The molecule has 2 aliphatic rings. The van der Waals surface area contributed by atoms with Gasteiger partial charge in [0.05, 0.1) is 20.0 Å². The van der Waals surface area contributed by atoms with Gasteiger partial charge in [-0.1, -0.05) is 18.2 Å². The Balaban J connectivity index is 1.35. The summed E-state index contributed by atoms with van der Waals surface area (Å²) in [5.74, 6) is 3.87. The molecule has 27 heavy (non-hydrogen) atoms. The molecular formula is C19H24N4O3S. The van der Waals surface area contributed by atoms with Gasteiger partial charge < -0.3 is 14.8 Å². The largest absolute Gasteiger partial charge is 0.497 e. The van der Waals surface area contributed by atoms with Crippen LogP contribution in [0.1, 0.15) is 25.7 Å². The molecule has 8 heteroatoms. The number of thioether (sulfide) groups is 1. The molecule has 1 heterocycles. The van der Waals surface area contributed by atoms with Gasteiger partial charge >= 0.3 is 0 Å². The zero-order valence-electron chi connectivity index (χ0n) is 15.5. The number of amides is 1. The second-order valence-corrected chi connectivity index (χ2v) is 8.15. The number of fused-ring (bicyclic) bond motifs is 2. The molecule has 2 N–H and O–H groups in total. The third kappa shape index (κ3) is 4.05. The van der Waals surface area contributed by atoms with Gasteiger partial charge in [0.1, 0.15) is 11.5 Å². The fourth-order valence-electron chi connectivity index (χ4n) is 4.18. The third-order valence-corrected chi connectivity index (χ3v) is 6.35. The highest BCUT2D eigenvalue weighted by Gasteiger charge is 2.40. The van der Waals surface area contributed by atoms with Gasteiger partial charge in [-0.2, -0.15) is 0 Å². The second-order valence-electron chi connectivity index (χ2n) is 7.21. The average molecular weight is 388 g/mol. The SMILES string of the molecule is COc1cc(OC)cc(-c2nc(SCC(=O)N[C@@H]3C[C@H]4CC[C@H]3C4)n[nH]2)c1. The minimum atomic E-state index is 0.0620. The highest BCUT2D eigenvalue weighted by atomic mass is 32.2. The van der Waals surface area contributed by atoms with E-state index >= 15 is 0 Å². The van der Waals surface area contributed by atoms with E-state index in [9.17, 15) is 4.79 Å². The van der Waals surface area contributed by atoms with Crippen molar-refractivity contribution in [3.05, 3.63) is 18.2 Å². The standard InChI is InChI=1S/C19H24N4O3S/c1-25-14-7-13(8-15(9-14)26-2)18-21-19(23-22-18)27-10-17(24)20-16-6-11-3-4-12(16)5-11/h7-9,11-12,16H,3-6,10H2,1-2H3,(H,20,24)(H,21,22,23)/t11-,12-,16+/m0/s1. The van der Waals surface area contributed by atoms with Crippen molar-refractivity contribution in [1.82, 2.24) is 20.5 Å². The van der Waals surface area contributed by atoms with Gasteiger partial charge in [-0.3, -0.25) is 9.89 Å². The van der Waals surface area contributed by atoms with Gasteiger partial charge in [0.15, 0.2) is 5.82 Å². The zero-order chi connectivity index (χ0) is 18.8. The maximum Gasteiger partial charge on any atom is 0.230 e. The Morgan fingerprint density at radius 3 is 2.63 bits per heavy atom. The molecule has 2 saturated carbocycles. The Kier molecular flexibility index (Phi) is 5.24. The molecule has 1 aromatic carbocycles. The van der Waals surface area contributed by atoms with Crippen LogP contribution in [0.5, 0.6) is 11.5 Å². The first-order valence-corrected chi connectivity index (χ1v) is 10.2. The summed E-state index contributed by atoms with van der Waals surface area (Å²) in [5, 5.41) is 10.9. The second kappa shape index (κ2) is 7.80. The molecule has 2 fully saturated rings. The van der Waals surface area contributed by atoms with Crippen molar-refractivity contribution in [2.45, 2.75) is 36.9 Å². The Bertz CT molecular complexity index is 803. The van der Waals surface area contributed by atoms with Gasteiger partial charge in [0.25, 0.3) is 0 Å². The highest BCUT2D eigenvalue weighted by Crippen LogP contribution is 2.44. The lowest BCUT2D eigenvalue weighted by Gasteiger charge is -2.22. The highest BCUT2D eigenvalue weighted by molar-refractivity contribution is 7.99. The van der Waals surface area contributed by atoms with E-state index in [-0.39, 0.29) is 5.91 Å². The molecule has 2 bridgehead atoms. The number of carbonyl (C=O) groups excluding carboxylic acids is 1.